The van der Waals surface area contributed by atoms with E-state index in [0.29, 0.717) is 54.5 Å². The summed E-state index contributed by atoms with van der Waals surface area (Å²) in [6, 6.07) is 17.1. The Bertz CT molecular complexity index is 1400. The number of nitrogens with zero attached hydrogens (tertiary/aromatic N) is 2. The third-order valence-electron chi connectivity index (χ3n) is 6.85. The van der Waals surface area contributed by atoms with Gasteiger partial charge in [-0.05, 0) is 62.2 Å². The molecule has 10 heteroatoms. The first-order chi connectivity index (χ1) is 19.4. The zero-order valence-corrected chi connectivity index (χ0v) is 22.2. The number of likely N-dealkylation sites (tertiary alicyclic amines) is 1. The third kappa shape index (κ3) is 6.01. The fraction of sp³-hybridized carbons (Fsp3) is 0.333. The van der Waals surface area contributed by atoms with Crippen LogP contribution in [0.25, 0.3) is 0 Å². The molecule has 40 heavy (non-hydrogen) atoms. The maximum Gasteiger partial charge on any atom is 0.310 e. The zero-order valence-electron chi connectivity index (χ0n) is 22.2. The Morgan fingerprint density at radius 3 is 2.67 bits per heavy atom. The lowest BCUT2D eigenvalue weighted by Crippen LogP contribution is -2.42. The van der Waals surface area contributed by atoms with Crippen LogP contribution in [0.15, 0.2) is 65.1 Å². The molecule has 0 N–H and O–H groups in total. The van der Waals surface area contributed by atoms with E-state index >= 15 is 0 Å². The van der Waals surface area contributed by atoms with E-state index in [0.717, 1.165) is 0 Å². The summed E-state index contributed by atoms with van der Waals surface area (Å²) in [5.74, 6) is 0.0294. The first-order valence-electron chi connectivity index (χ1n) is 13.3. The van der Waals surface area contributed by atoms with Crippen LogP contribution in [-0.2, 0) is 20.9 Å². The van der Waals surface area contributed by atoms with E-state index in [1.165, 1.54) is 4.90 Å². The summed E-state index contributed by atoms with van der Waals surface area (Å²) >= 11 is 0. The van der Waals surface area contributed by atoms with Gasteiger partial charge in [0.15, 0.2) is 24.8 Å². The number of carbonyl (C=O) groups excluding carboxylic acids is 4. The molecule has 0 aliphatic carbocycles. The average molecular weight is 547 g/mol. The van der Waals surface area contributed by atoms with Crippen LogP contribution < -0.4 is 14.4 Å². The number of anilines is 1. The van der Waals surface area contributed by atoms with Gasteiger partial charge in [0.25, 0.3) is 11.8 Å². The van der Waals surface area contributed by atoms with Gasteiger partial charge in [0, 0.05) is 18.7 Å². The maximum absolute atomic E-state index is 13.1. The van der Waals surface area contributed by atoms with Gasteiger partial charge in [-0.1, -0.05) is 18.2 Å². The Balaban J connectivity index is 1.27. The normalized spacial score (nSPS) is 16.6. The van der Waals surface area contributed by atoms with Gasteiger partial charge in [0.1, 0.15) is 17.3 Å². The predicted molar refractivity (Wildman–Crippen MR) is 143 cm³/mol. The number of hydrogen-bond acceptors (Lipinski definition) is 8. The molecular formula is C30H30N2O8. The van der Waals surface area contributed by atoms with E-state index in [1.807, 2.05) is 18.2 Å². The van der Waals surface area contributed by atoms with Gasteiger partial charge in [-0.25, -0.2) is 0 Å². The zero-order chi connectivity index (χ0) is 28.1. The number of rotatable bonds is 9. The van der Waals surface area contributed by atoms with Crippen LogP contribution in [0.5, 0.6) is 11.5 Å². The highest BCUT2D eigenvalue weighted by Crippen LogP contribution is 2.34. The van der Waals surface area contributed by atoms with Crippen molar-refractivity contribution in [3.8, 4) is 11.5 Å². The van der Waals surface area contributed by atoms with Crippen LogP contribution >= 0.6 is 0 Å². The number of ether oxygens (including phenoxy) is 3. The summed E-state index contributed by atoms with van der Waals surface area (Å²) in [4.78, 5) is 54.0. The van der Waals surface area contributed by atoms with E-state index in [-0.39, 0.29) is 61.5 Å². The number of Topliss-reactive ketones (excluding diaryl/α,β-unsaturated/α-hetero) is 1. The lowest BCUT2D eigenvalue weighted by molar-refractivity contribution is -0.149. The second-order valence-corrected chi connectivity index (χ2v) is 9.58. The van der Waals surface area contributed by atoms with Crippen LogP contribution in [0, 0.1) is 5.92 Å². The molecule has 2 aromatic carbocycles. The average Bonchev–Trinajstić information content (AvgIpc) is 3.46. The van der Waals surface area contributed by atoms with Crippen LogP contribution in [0.1, 0.15) is 46.4 Å². The number of carbonyl (C=O) groups is 4. The third-order valence-corrected chi connectivity index (χ3v) is 6.85. The molecule has 1 saturated heterocycles. The quantitative estimate of drug-likeness (QED) is 0.293. The highest BCUT2D eigenvalue weighted by Gasteiger charge is 2.32. The Kier molecular flexibility index (Phi) is 8.14. The summed E-state index contributed by atoms with van der Waals surface area (Å²) in [7, 11) is 0. The minimum atomic E-state index is -0.357. The Morgan fingerprint density at radius 2 is 1.88 bits per heavy atom. The molecule has 0 saturated carbocycles. The van der Waals surface area contributed by atoms with Crippen molar-refractivity contribution in [3.05, 3.63) is 77.7 Å². The maximum atomic E-state index is 13.1. The minimum absolute atomic E-state index is 0.0477. The molecule has 3 heterocycles. The summed E-state index contributed by atoms with van der Waals surface area (Å²) in [5, 5.41) is 0. The molecule has 5 rings (SSSR count). The van der Waals surface area contributed by atoms with E-state index in [1.54, 1.807) is 54.3 Å². The lowest BCUT2D eigenvalue weighted by atomic mass is 9.98. The summed E-state index contributed by atoms with van der Waals surface area (Å²) in [6.45, 7) is 2.57. The first-order valence-corrected chi connectivity index (χ1v) is 13.3. The molecule has 1 fully saturated rings. The number of benzene rings is 2. The molecule has 1 atom stereocenters. The van der Waals surface area contributed by atoms with Crippen molar-refractivity contribution in [2.24, 2.45) is 5.92 Å². The summed E-state index contributed by atoms with van der Waals surface area (Å²) in [6.07, 6.45) is 1.37. The highest BCUT2D eigenvalue weighted by atomic mass is 16.5. The van der Waals surface area contributed by atoms with Gasteiger partial charge in [0.2, 0.25) is 0 Å². The van der Waals surface area contributed by atoms with Gasteiger partial charge in [-0.3, -0.25) is 24.1 Å². The van der Waals surface area contributed by atoms with Gasteiger partial charge in [0.05, 0.1) is 24.8 Å². The van der Waals surface area contributed by atoms with Gasteiger partial charge in [-0.15, -0.1) is 0 Å². The van der Waals surface area contributed by atoms with Crippen molar-refractivity contribution in [1.82, 2.24) is 4.90 Å². The number of fused-ring (bicyclic) bond motifs is 1. The van der Waals surface area contributed by atoms with Crippen molar-refractivity contribution < 1.29 is 37.8 Å². The molecule has 1 aromatic heterocycles. The van der Waals surface area contributed by atoms with Crippen LogP contribution in [0.4, 0.5) is 5.69 Å². The SMILES string of the molecule is CCOC(=O)[C@@H]1CCCN(C(=O)c2ccc(CN3C(=O)COc4ccc(C(=O)COc5ccccc5)cc43)o2)C1. The molecule has 0 bridgehead atoms. The molecule has 0 spiro atoms. The highest BCUT2D eigenvalue weighted by molar-refractivity contribution is 6.02. The van der Waals surface area contributed by atoms with Crippen molar-refractivity contribution >= 4 is 29.3 Å². The second-order valence-electron chi connectivity index (χ2n) is 9.58. The molecule has 208 valence electrons. The largest absolute Gasteiger partial charge is 0.485 e. The Labute approximate surface area is 231 Å². The number of ketones is 1. The van der Waals surface area contributed by atoms with E-state index in [9.17, 15) is 19.2 Å². The van der Waals surface area contributed by atoms with Crippen molar-refractivity contribution in [3.63, 3.8) is 0 Å². The summed E-state index contributed by atoms with van der Waals surface area (Å²) in [5.41, 5.74) is 0.800. The monoisotopic (exact) mass is 546 g/mol. The van der Waals surface area contributed by atoms with Crippen molar-refractivity contribution in [2.45, 2.75) is 26.3 Å². The van der Waals surface area contributed by atoms with Gasteiger partial charge >= 0.3 is 5.97 Å². The fourth-order valence-electron chi connectivity index (χ4n) is 4.80. The molecule has 0 radical (unpaired) electrons. The fourth-order valence-corrected chi connectivity index (χ4v) is 4.80. The smallest absolute Gasteiger partial charge is 0.310 e. The second kappa shape index (κ2) is 12.1. The molecule has 10 nitrogen and oxygen atoms in total. The number of amides is 2. The molecular weight excluding hydrogens is 516 g/mol. The number of hydrogen-bond donors (Lipinski definition) is 0. The number of piperidine rings is 1. The lowest BCUT2D eigenvalue weighted by Gasteiger charge is -2.31. The first kappa shape index (κ1) is 27.0. The van der Waals surface area contributed by atoms with E-state index in [2.05, 4.69) is 0 Å². The number of esters is 1. The molecule has 3 aromatic rings. The Morgan fingerprint density at radius 1 is 1.05 bits per heavy atom. The van der Waals surface area contributed by atoms with E-state index < -0.39 is 0 Å². The minimum Gasteiger partial charge on any atom is -0.485 e. The van der Waals surface area contributed by atoms with Gasteiger partial charge < -0.3 is 23.5 Å². The van der Waals surface area contributed by atoms with Crippen LogP contribution in [0.2, 0.25) is 0 Å². The molecule has 2 aliphatic rings. The predicted octanol–water partition coefficient (Wildman–Crippen LogP) is 3.88. The van der Waals surface area contributed by atoms with Crippen molar-refractivity contribution in [2.75, 3.05) is 37.8 Å². The molecule has 2 aliphatic heterocycles. The van der Waals surface area contributed by atoms with Gasteiger partial charge in [-0.2, -0.15) is 0 Å². The summed E-state index contributed by atoms with van der Waals surface area (Å²) < 4.78 is 22.1. The Hall–Kier alpha value is -4.60. The molecule has 2 amide bonds. The van der Waals surface area contributed by atoms with Crippen LogP contribution in [0.3, 0.4) is 0 Å². The standard InChI is InChI=1S/C30H30N2O8/c1-2-37-30(36)21-7-6-14-31(16-21)29(35)27-13-11-23(40-27)17-32-24-15-20(10-12-26(24)39-19-28(32)34)25(33)18-38-22-8-4-3-5-9-22/h3-5,8-13,15,21H,2,6-7,14,16-19H2,1H3/t21-/m1/s1. The number of furan rings is 1. The molecule has 0 unspecified atom stereocenters. The van der Waals surface area contributed by atoms with E-state index in [4.69, 9.17) is 18.6 Å². The topological polar surface area (TPSA) is 116 Å². The number of para-hydroxylation sites is 1. The van der Waals surface area contributed by atoms with Crippen LogP contribution in [-0.4, -0.2) is 61.4 Å². The van der Waals surface area contributed by atoms with Crippen molar-refractivity contribution in [1.29, 1.82) is 0 Å².